The van der Waals surface area contributed by atoms with Gasteiger partial charge in [0.05, 0.1) is 5.01 Å². The molecule has 0 amide bonds. The summed E-state index contributed by atoms with van der Waals surface area (Å²) in [6.07, 6.45) is 11.0. The van der Waals surface area contributed by atoms with Crippen LogP contribution in [-0.2, 0) is 5.41 Å². The van der Waals surface area contributed by atoms with Crippen LogP contribution in [0.1, 0.15) is 68.3 Å². The summed E-state index contributed by atoms with van der Waals surface area (Å²) in [6, 6.07) is 0.458. The van der Waals surface area contributed by atoms with Gasteiger partial charge < -0.3 is 5.32 Å². The second-order valence-corrected chi connectivity index (χ2v) is 8.61. The molecule has 0 aliphatic heterocycles. The minimum Gasteiger partial charge on any atom is -0.310 e. The van der Waals surface area contributed by atoms with Crippen LogP contribution in [-0.4, -0.2) is 11.5 Å². The summed E-state index contributed by atoms with van der Waals surface area (Å²) in [5.74, 6) is 3.04. The molecule has 20 heavy (non-hydrogen) atoms. The number of hydrogen-bond acceptors (Lipinski definition) is 3. The van der Waals surface area contributed by atoms with E-state index in [0.29, 0.717) is 11.5 Å². The molecule has 110 valence electrons. The first-order valence-corrected chi connectivity index (χ1v) is 9.20. The van der Waals surface area contributed by atoms with Crippen LogP contribution in [0.25, 0.3) is 0 Å². The maximum absolute atomic E-state index is 4.89. The summed E-state index contributed by atoms with van der Waals surface area (Å²) in [6.45, 7) is 5.48. The molecule has 1 aromatic rings. The standard InChI is InChI=1S/C17H26N2S/c1-3-18-11(2)15-10-19-16(20-15)17-7-12-4-13(8-17)6-14(5-12)9-17/h10-14,18H,3-9H2,1-2H3. The molecule has 0 aromatic carbocycles. The highest BCUT2D eigenvalue weighted by atomic mass is 32.1. The third-order valence-corrected chi connectivity index (χ3v) is 7.38. The molecule has 4 saturated carbocycles. The molecule has 0 saturated heterocycles. The second-order valence-electron chi connectivity index (χ2n) is 7.55. The molecule has 1 N–H and O–H groups in total. The Bertz CT molecular complexity index is 458. The van der Waals surface area contributed by atoms with Gasteiger partial charge >= 0.3 is 0 Å². The Morgan fingerprint density at radius 1 is 1.25 bits per heavy atom. The van der Waals surface area contributed by atoms with Crippen molar-refractivity contribution in [1.82, 2.24) is 10.3 Å². The molecule has 2 nitrogen and oxygen atoms in total. The quantitative estimate of drug-likeness (QED) is 0.895. The highest BCUT2D eigenvalue weighted by Gasteiger charge is 2.52. The zero-order valence-corrected chi connectivity index (χ0v) is 13.5. The molecular formula is C17H26N2S. The van der Waals surface area contributed by atoms with Crippen LogP contribution in [0, 0.1) is 17.8 Å². The normalized spacial score (nSPS) is 40.2. The van der Waals surface area contributed by atoms with Crippen LogP contribution in [0.2, 0.25) is 0 Å². The van der Waals surface area contributed by atoms with Gasteiger partial charge in [0.15, 0.2) is 0 Å². The lowest BCUT2D eigenvalue weighted by atomic mass is 9.50. The maximum atomic E-state index is 4.89. The lowest BCUT2D eigenvalue weighted by molar-refractivity contribution is -0.00527. The first-order valence-electron chi connectivity index (χ1n) is 8.38. The van der Waals surface area contributed by atoms with E-state index in [1.807, 2.05) is 11.3 Å². The van der Waals surface area contributed by atoms with E-state index in [1.54, 1.807) is 0 Å². The average molecular weight is 290 g/mol. The first kappa shape index (κ1) is 13.3. The number of nitrogens with zero attached hydrogens (tertiary/aromatic N) is 1. The molecule has 1 unspecified atom stereocenters. The van der Waals surface area contributed by atoms with Crippen LogP contribution in [0.15, 0.2) is 6.20 Å². The molecular weight excluding hydrogens is 264 g/mol. The molecule has 4 aliphatic carbocycles. The van der Waals surface area contributed by atoms with Crippen LogP contribution in [0.5, 0.6) is 0 Å². The molecule has 4 aliphatic rings. The van der Waals surface area contributed by atoms with Gasteiger partial charge in [0.2, 0.25) is 0 Å². The van der Waals surface area contributed by atoms with Crippen molar-refractivity contribution >= 4 is 11.3 Å². The molecule has 0 radical (unpaired) electrons. The van der Waals surface area contributed by atoms with Gasteiger partial charge in [-0.25, -0.2) is 4.98 Å². The van der Waals surface area contributed by atoms with Gasteiger partial charge in [0.1, 0.15) is 0 Å². The SMILES string of the molecule is CCNC(C)c1cnc(C23CC4CC(CC(C4)C2)C3)s1. The summed E-state index contributed by atoms with van der Waals surface area (Å²) in [7, 11) is 0. The topological polar surface area (TPSA) is 24.9 Å². The van der Waals surface area contributed by atoms with Gasteiger partial charge in [-0.2, -0.15) is 0 Å². The Balaban J connectivity index is 1.61. The smallest absolute Gasteiger partial charge is 0.0990 e. The van der Waals surface area contributed by atoms with Gasteiger partial charge in [-0.1, -0.05) is 6.92 Å². The number of aromatic nitrogens is 1. The summed E-state index contributed by atoms with van der Waals surface area (Å²) >= 11 is 2.00. The van der Waals surface area contributed by atoms with E-state index in [-0.39, 0.29) is 0 Å². The Labute approximate surface area is 126 Å². The third kappa shape index (κ3) is 2.05. The van der Waals surface area contributed by atoms with Crippen molar-refractivity contribution < 1.29 is 0 Å². The predicted octanol–water partition coefficient (Wildman–Crippen LogP) is 4.28. The van der Waals surface area contributed by atoms with E-state index in [2.05, 4.69) is 25.4 Å². The summed E-state index contributed by atoms with van der Waals surface area (Å²) in [4.78, 5) is 6.32. The Morgan fingerprint density at radius 3 is 2.40 bits per heavy atom. The van der Waals surface area contributed by atoms with Gasteiger partial charge in [0, 0.05) is 22.5 Å². The van der Waals surface area contributed by atoms with E-state index >= 15 is 0 Å². The number of nitrogens with one attached hydrogen (secondary N) is 1. The summed E-state index contributed by atoms with van der Waals surface area (Å²) < 4.78 is 0. The van der Waals surface area contributed by atoms with Gasteiger partial charge in [-0.15, -0.1) is 11.3 Å². The molecule has 1 aromatic heterocycles. The van der Waals surface area contributed by atoms with Crippen molar-refractivity contribution in [3.05, 3.63) is 16.1 Å². The fourth-order valence-corrected chi connectivity index (χ4v) is 6.67. The summed E-state index contributed by atoms with van der Waals surface area (Å²) in [5.41, 5.74) is 0.476. The fourth-order valence-electron chi connectivity index (χ4n) is 5.51. The van der Waals surface area contributed by atoms with E-state index in [0.717, 1.165) is 24.3 Å². The van der Waals surface area contributed by atoms with Crippen molar-refractivity contribution in [2.75, 3.05) is 6.54 Å². The monoisotopic (exact) mass is 290 g/mol. The molecule has 4 fully saturated rings. The van der Waals surface area contributed by atoms with E-state index in [9.17, 15) is 0 Å². The van der Waals surface area contributed by atoms with E-state index in [1.165, 1.54) is 48.4 Å². The Hall–Kier alpha value is -0.410. The molecule has 1 atom stereocenters. The van der Waals surface area contributed by atoms with E-state index in [4.69, 9.17) is 4.98 Å². The van der Waals surface area contributed by atoms with Gasteiger partial charge in [-0.3, -0.25) is 0 Å². The molecule has 0 spiro atoms. The lowest BCUT2D eigenvalue weighted by Gasteiger charge is -2.56. The first-order chi connectivity index (χ1) is 9.68. The lowest BCUT2D eigenvalue weighted by Crippen LogP contribution is -2.48. The maximum Gasteiger partial charge on any atom is 0.0990 e. The number of hydrogen-bond donors (Lipinski definition) is 1. The Morgan fingerprint density at radius 2 is 1.85 bits per heavy atom. The highest BCUT2D eigenvalue weighted by Crippen LogP contribution is 2.61. The minimum absolute atomic E-state index is 0.458. The third-order valence-electron chi connectivity index (χ3n) is 5.95. The van der Waals surface area contributed by atoms with Gasteiger partial charge in [-0.05, 0) is 69.7 Å². The van der Waals surface area contributed by atoms with Crippen molar-refractivity contribution in [3.8, 4) is 0 Å². The zero-order chi connectivity index (χ0) is 13.7. The van der Waals surface area contributed by atoms with Crippen LogP contribution in [0.3, 0.4) is 0 Å². The average Bonchev–Trinajstić information content (AvgIpc) is 2.87. The number of rotatable bonds is 4. The minimum atomic E-state index is 0.458. The number of thiazole rings is 1. The van der Waals surface area contributed by atoms with Crippen molar-refractivity contribution in [3.63, 3.8) is 0 Å². The van der Waals surface area contributed by atoms with Crippen molar-refractivity contribution in [1.29, 1.82) is 0 Å². The van der Waals surface area contributed by atoms with Crippen molar-refractivity contribution in [2.24, 2.45) is 17.8 Å². The Kier molecular flexibility index (Phi) is 3.19. The highest BCUT2D eigenvalue weighted by molar-refractivity contribution is 7.11. The van der Waals surface area contributed by atoms with Crippen molar-refractivity contribution in [2.45, 2.75) is 63.8 Å². The van der Waals surface area contributed by atoms with Crippen LogP contribution >= 0.6 is 11.3 Å². The molecule has 1 heterocycles. The molecule has 5 rings (SSSR count). The second kappa shape index (κ2) is 4.81. The fraction of sp³-hybridized carbons (Fsp3) is 0.824. The molecule has 3 heteroatoms. The van der Waals surface area contributed by atoms with Crippen LogP contribution in [0.4, 0.5) is 0 Å². The largest absolute Gasteiger partial charge is 0.310 e. The van der Waals surface area contributed by atoms with E-state index < -0.39 is 0 Å². The predicted molar refractivity (Wildman–Crippen MR) is 84.1 cm³/mol. The zero-order valence-electron chi connectivity index (χ0n) is 12.7. The van der Waals surface area contributed by atoms with Gasteiger partial charge in [0.25, 0.3) is 0 Å². The molecule has 4 bridgehead atoms. The van der Waals surface area contributed by atoms with Crippen LogP contribution < -0.4 is 5.32 Å². The summed E-state index contributed by atoms with van der Waals surface area (Å²) in [5, 5.41) is 4.99.